The molecule has 4 unspecified atom stereocenters. The van der Waals surface area contributed by atoms with Crippen molar-refractivity contribution in [2.75, 3.05) is 27.3 Å². The normalized spacial score (nSPS) is 16.0. The highest BCUT2D eigenvalue weighted by Crippen LogP contribution is 2.29. The molecule has 2 aromatic carbocycles. The highest BCUT2D eigenvalue weighted by molar-refractivity contribution is 5.90. The summed E-state index contributed by atoms with van der Waals surface area (Å²) in [6, 6.07) is 14.0. The molecule has 12 nitrogen and oxygen atoms in total. The lowest BCUT2D eigenvalue weighted by atomic mass is 9.87. The van der Waals surface area contributed by atoms with E-state index < -0.39 is 77.3 Å². The summed E-state index contributed by atoms with van der Waals surface area (Å²) in [5.74, 6) is -3.05. The summed E-state index contributed by atoms with van der Waals surface area (Å²) in [6.45, 7) is 15.9. The van der Waals surface area contributed by atoms with Gasteiger partial charge in [0, 0.05) is 40.2 Å². The number of esters is 3. The number of carbonyl (C=O) groups excluding carboxylic acids is 5. The molecule has 0 aromatic heterocycles. The molecule has 0 bridgehead atoms. The van der Waals surface area contributed by atoms with Crippen molar-refractivity contribution in [3.63, 3.8) is 0 Å². The molecule has 1 fully saturated rings. The number of hydrogen-bond acceptors (Lipinski definition) is 10. The molecule has 57 heavy (non-hydrogen) atoms. The summed E-state index contributed by atoms with van der Waals surface area (Å²) in [4.78, 5) is 70.6. The number of amides is 2. The van der Waals surface area contributed by atoms with Gasteiger partial charge < -0.3 is 28.6 Å². The van der Waals surface area contributed by atoms with Crippen molar-refractivity contribution in [3.05, 3.63) is 71.3 Å². The Bertz CT molecular complexity index is 1640. The predicted octanol–water partition coefficient (Wildman–Crippen LogP) is 7.35. The topological polar surface area (TPSA) is 138 Å². The first-order valence-corrected chi connectivity index (χ1v) is 19.6. The number of ether oxygens (including phenoxy) is 5. The van der Waals surface area contributed by atoms with Gasteiger partial charge in [-0.15, -0.1) is 0 Å². The average Bonchev–Trinajstić information content (AvgIpc) is 3.13. The fraction of sp³-hybridized carbons (Fsp3) is 0.614. The zero-order valence-electron chi connectivity index (χ0n) is 35.6. The maximum Gasteiger partial charge on any atom is 0.410 e. The van der Waals surface area contributed by atoms with Crippen molar-refractivity contribution in [1.82, 2.24) is 9.80 Å². The van der Waals surface area contributed by atoms with Crippen LogP contribution in [0, 0.1) is 5.41 Å². The highest BCUT2D eigenvalue weighted by atomic mass is 19.1. The van der Waals surface area contributed by atoms with Crippen molar-refractivity contribution < 1.29 is 52.0 Å². The fourth-order valence-electron chi connectivity index (χ4n) is 6.35. The van der Waals surface area contributed by atoms with Gasteiger partial charge in [0.15, 0.2) is 12.2 Å². The number of hydrogen-bond donors (Lipinski definition) is 0. The van der Waals surface area contributed by atoms with E-state index >= 15 is 4.39 Å². The summed E-state index contributed by atoms with van der Waals surface area (Å²) in [5.41, 5.74) is -0.790. The minimum atomic E-state index is -1.92. The van der Waals surface area contributed by atoms with Gasteiger partial charge >= 0.3 is 24.0 Å². The molecule has 0 saturated carbocycles. The largest absolute Gasteiger partial charge is 0.458 e. The van der Waals surface area contributed by atoms with Gasteiger partial charge in [-0.3, -0.25) is 9.69 Å². The van der Waals surface area contributed by atoms with Crippen molar-refractivity contribution in [2.45, 2.75) is 143 Å². The molecule has 1 saturated heterocycles. The van der Waals surface area contributed by atoms with E-state index in [4.69, 9.17) is 23.7 Å². The zero-order chi connectivity index (χ0) is 42.7. The van der Waals surface area contributed by atoms with E-state index in [0.29, 0.717) is 24.7 Å². The smallest absolute Gasteiger partial charge is 0.410 e. The quantitative estimate of drug-likeness (QED) is 0.125. The zero-order valence-corrected chi connectivity index (χ0v) is 35.6. The lowest BCUT2D eigenvalue weighted by Crippen LogP contribution is -2.53. The van der Waals surface area contributed by atoms with Gasteiger partial charge in [-0.1, -0.05) is 75.4 Å². The fourth-order valence-corrected chi connectivity index (χ4v) is 6.35. The van der Waals surface area contributed by atoms with Crippen molar-refractivity contribution in [3.8, 4) is 0 Å². The monoisotopic (exact) mass is 798 g/mol. The maximum absolute atomic E-state index is 15.2. The second-order valence-corrected chi connectivity index (χ2v) is 17.7. The first-order chi connectivity index (χ1) is 26.4. The van der Waals surface area contributed by atoms with Crippen molar-refractivity contribution in [1.29, 1.82) is 0 Å². The van der Waals surface area contributed by atoms with Crippen LogP contribution in [0.15, 0.2) is 54.6 Å². The molecule has 3 rings (SSSR count). The van der Waals surface area contributed by atoms with E-state index in [9.17, 15) is 24.0 Å². The van der Waals surface area contributed by atoms with Crippen molar-refractivity contribution >= 4 is 29.9 Å². The Morgan fingerprint density at radius 3 is 1.86 bits per heavy atom. The van der Waals surface area contributed by atoms with Crippen LogP contribution in [0.3, 0.4) is 0 Å². The number of alkyl halides is 1. The third kappa shape index (κ3) is 15.7. The summed E-state index contributed by atoms with van der Waals surface area (Å²) in [5, 5.41) is 0. The molecule has 4 atom stereocenters. The van der Waals surface area contributed by atoms with Crippen LogP contribution in [0.4, 0.5) is 9.18 Å². The molecular formula is C44H63FN2O10. The first kappa shape index (κ1) is 46.9. The van der Waals surface area contributed by atoms with Crippen LogP contribution < -0.4 is 0 Å². The van der Waals surface area contributed by atoms with E-state index in [2.05, 4.69) is 0 Å². The minimum Gasteiger partial charge on any atom is -0.458 e. The van der Waals surface area contributed by atoms with Gasteiger partial charge in [0.25, 0.3) is 5.91 Å². The Morgan fingerprint density at radius 2 is 1.32 bits per heavy atom. The molecule has 0 spiro atoms. The molecule has 1 aliphatic rings. The average molecular weight is 799 g/mol. The molecule has 0 aliphatic carbocycles. The van der Waals surface area contributed by atoms with Crippen LogP contribution in [0.1, 0.15) is 111 Å². The molecule has 2 aromatic rings. The molecule has 316 valence electrons. The molecule has 1 aliphatic heterocycles. The Kier molecular flexibility index (Phi) is 16.7. The van der Waals surface area contributed by atoms with E-state index in [-0.39, 0.29) is 19.4 Å². The second-order valence-electron chi connectivity index (χ2n) is 17.7. The van der Waals surface area contributed by atoms with Crippen LogP contribution in [-0.4, -0.2) is 103 Å². The Balaban J connectivity index is 1.94. The van der Waals surface area contributed by atoms with Gasteiger partial charge in [-0.25, -0.2) is 23.6 Å². The standard InChI is InChI=1S/C44H63FN2O10/c1-29(38(49)54-28-31-15-13-12-14-16-31)55-39(50)34(26-42(2,3)4)46(10)37(48)36(25-30-17-19-32(20-18-30)33-21-23-53-24-22-33)56-40(51)35(27-44(8,9)45)47(11)41(52)57-43(5,6)7/h12-20,29,33-36H,21-28H2,1-11H3. The number of halogens is 1. The van der Waals surface area contributed by atoms with Gasteiger partial charge in [0.05, 0.1) is 0 Å². The number of benzene rings is 2. The van der Waals surface area contributed by atoms with E-state index in [1.807, 2.05) is 63.2 Å². The van der Waals surface area contributed by atoms with Crippen LogP contribution in [0.2, 0.25) is 0 Å². The Hall–Kier alpha value is -4.52. The summed E-state index contributed by atoms with van der Waals surface area (Å²) in [6.07, 6.45) is -2.31. The number of nitrogens with zero attached hydrogens (tertiary/aromatic N) is 2. The molecule has 13 heteroatoms. The Morgan fingerprint density at radius 1 is 0.754 bits per heavy atom. The first-order valence-electron chi connectivity index (χ1n) is 19.6. The van der Waals surface area contributed by atoms with Crippen molar-refractivity contribution in [2.24, 2.45) is 5.41 Å². The Labute approximate surface area is 337 Å². The lowest BCUT2D eigenvalue weighted by Gasteiger charge is -2.35. The summed E-state index contributed by atoms with van der Waals surface area (Å²) < 4.78 is 43.1. The van der Waals surface area contributed by atoms with Crippen LogP contribution >= 0.6 is 0 Å². The molecule has 0 radical (unpaired) electrons. The second kappa shape index (κ2) is 20.3. The third-order valence-corrected chi connectivity index (χ3v) is 9.47. The van der Waals surface area contributed by atoms with Gasteiger partial charge in [-0.2, -0.15) is 0 Å². The summed E-state index contributed by atoms with van der Waals surface area (Å²) in [7, 11) is 2.72. The predicted molar refractivity (Wildman–Crippen MR) is 213 cm³/mol. The number of rotatable bonds is 16. The van der Waals surface area contributed by atoms with Gasteiger partial charge in [0.2, 0.25) is 0 Å². The van der Waals surface area contributed by atoms with E-state index in [0.717, 1.165) is 33.8 Å². The highest BCUT2D eigenvalue weighted by Gasteiger charge is 2.41. The van der Waals surface area contributed by atoms with Gasteiger partial charge in [0.1, 0.15) is 30.0 Å². The lowest BCUT2D eigenvalue weighted by molar-refractivity contribution is -0.174. The van der Waals surface area contributed by atoms with Crippen LogP contribution in [0.5, 0.6) is 0 Å². The minimum absolute atomic E-state index is 0.0157. The van der Waals surface area contributed by atoms with E-state index in [1.54, 1.807) is 32.9 Å². The molecule has 0 N–H and O–H groups in total. The molecule has 1 heterocycles. The third-order valence-electron chi connectivity index (χ3n) is 9.47. The SMILES string of the molecule is CC(OC(=O)C(CC(C)(C)C)N(C)C(=O)C(Cc1ccc(C2CCOCC2)cc1)OC(=O)C(CC(C)(C)F)N(C)C(=O)OC(C)(C)C)C(=O)OCc1ccccc1. The van der Waals surface area contributed by atoms with Crippen LogP contribution in [-0.2, 0) is 55.9 Å². The molecular weight excluding hydrogens is 735 g/mol. The number of likely N-dealkylation sites (N-methyl/N-ethyl adjacent to an activating group) is 2. The van der Waals surface area contributed by atoms with Gasteiger partial charge in [-0.05, 0) is 88.8 Å². The van der Waals surface area contributed by atoms with E-state index in [1.165, 1.54) is 34.9 Å². The maximum atomic E-state index is 15.2. The summed E-state index contributed by atoms with van der Waals surface area (Å²) >= 11 is 0. The van der Waals surface area contributed by atoms with Crippen LogP contribution in [0.25, 0.3) is 0 Å². The molecule has 2 amide bonds. The number of carbonyl (C=O) groups is 5.